The minimum Gasteiger partial charge on any atom is -0.489 e. The zero-order chi connectivity index (χ0) is 18.6. The maximum absolute atomic E-state index is 14.8. The van der Waals surface area contributed by atoms with Gasteiger partial charge in [0.05, 0.1) is 29.1 Å². The first kappa shape index (κ1) is 17.0. The lowest BCUT2D eigenvalue weighted by molar-refractivity contribution is 0.0523. The summed E-state index contributed by atoms with van der Waals surface area (Å²) in [4.78, 5) is 24.9. The van der Waals surface area contributed by atoms with Crippen LogP contribution in [0.25, 0.3) is 10.9 Å². The molecular formula is C18H18F2N2O4. The molecule has 2 aliphatic rings. The van der Waals surface area contributed by atoms with Gasteiger partial charge in [0.1, 0.15) is 24.7 Å². The van der Waals surface area contributed by atoms with Gasteiger partial charge in [-0.15, -0.1) is 0 Å². The molecule has 4 rings (SSSR count). The summed E-state index contributed by atoms with van der Waals surface area (Å²) in [5.74, 6) is -1.32. The molecule has 0 saturated heterocycles. The molecule has 1 aromatic heterocycles. The zero-order valence-electron chi connectivity index (χ0n) is 14.2. The Bertz CT molecular complexity index is 982. The Morgan fingerprint density at radius 1 is 1.50 bits per heavy atom. The molecule has 1 saturated carbocycles. The molecule has 2 N–H and O–H groups in total. The molecule has 0 bridgehead atoms. The molecule has 1 aliphatic heterocycles. The summed E-state index contributed by atoms with van der Waals surface area (Å²) in [6, 6.07) is 0.331. The molecule has 1 aromatic carbocycles. The van der Waals surface area contributed by atoms with Crippen molar-refractivity contribution in [3.8, 4) is 5.75 Å². The summed E-state index contributed by atoms with van der Waals surface area (Å²) >= 11 is 0. The van der Waals surface area contributed by atoms with Crippen molar-refractivity contribution in [2.45, 2.75) is 31.3 Å². The normalized spacial score (nSPS) is 19.9. The van der Waals surface area contributed by atoms with Crippen LogP contribution in [0.1, 0.15) is 41.7 Å². The summed E-state index contributed by atoms with van der Waals surface area (Å²) in [5, 5.41) is -0.0470. The third kappa shape index (κ3) is 2.32. The maximum Gasteiger partial charge on any atom is 0.343 e. The number of carbonyl (C=O) groups excluding carboxylic acids is 1. The van der Waals surface area contributed by atoms with E-state index in [2.05, 4.69) is 0 Å². The number of carbonyl (C=O) groups is 1. The van der Waals surface area contributed by atoms with Crippen molar-refractivity contribution in [1.82, 2.24) is 4.57 Å². The Kier molecular flexibility index (Phi) is 3.76. The molecule has 1 unspecified atom stereocenters. The monoisotopic (exact) mass is 364 g/mol. The molecule has 2 aromatic rings. The average molecular weight is 364 g/mol. The molecule has 26 heavy (non-hydrogen) atoms. The Morgan fingerprint density at radius 2 is 2.23 bits per heavy atom. The highest BCUT2D eigenvalue weighted by molar-refractivity contribution is 5.96. The number of hydrogen-bond donors (Lipinski definition) is 1. The highest BCUT2D eigenvalue weighted by Crippen LogP contribution is 2.50. The lowest BCUT2D eigenvalue weighted by Crippen LogP contribution is -2.32. The van der Waals surface area contributed by atoms with E-state index in [1.54, 1.807) is 6.92 Å². The smallest absolute Gasteiger partial charge is 0.343 e. The van der Waals surface area contributed by atoms with Gasteiger partial charge in [0.15, 0.2) is 5.75 Å². The van der Waals surface area contributed by atoms with Crippen molar-refractivity contribution in [3.63, 3.8) is 0 Å². The highest BCUT2D eigenvalue weighted by Gasteiger charge is 2.46. The number of alkyl halides is 1. The van der Waals surface area contributed by atoms with Crippen LogP contribution in [0.2, 0.25) is 0 Å². The molecule has 6 nitrogen and oxygen atoms in total. The quantitative estimate of drug-likeness (QED) is 0.841. The second-order valence-electron chi connectivity index (χ2n) is 6.73. The van der Waals surface area contributed by atoms with Crippen molar-refractivity contribution in [2.24, 2.45) is 5.73 Å². The van der Waals surface area contributed by atoms with E-state index in [4.69, 9.17) is 15.2 Å². The molecule has 1 aliphatic carbocycles. The Labute approximate surface area is 147 Å². The Hall–Kier alpha value is -2.48. The minimum atomic E-state index is -0.836. The van der Waals surface area contributed by atoms with Crippen LogP contribution in [0.5, 0.6) is 5.75 Å². The molecular weight excluding hydrogens is 346 g/mol. The molecule has 8 heteroatoms. The number of aromatic nitrogens is 1. The van der Waals surface area contributed by atoms with Crippen molar-refractivity contribution >= 4 is 16.9 Å². The summed E-state index contributed by atoms with van der Waals surface area (Å²) in [5.41, 5.74) is 4.89. The largest absolute Gasteiger partial charge is 0.489 e. The predicted molar refractivity (Wildman–Crippen MR) is 89.7 cm³/mol. The number of benzene rings is 1. The summed E-state index contributed by atoms with van der Waals surface area (Å²) in [7, 11) is 0. The van der Waals surface area contributed by atoms with Gasteiger partial charge in [0.2, 0.25) is 5.43 Å². The van der Waals surface area contributed by atoms with E-state index in [1.807, 2.05) is 0 Å². The van der Waals surface area contributed by atoms with Crippen LogP contribution in [0.4, 0.5) is 8.78 Å². The number of esters is 1. The van der Waals surface area contributed by atoms with Gasteiger partial charge < -0.3 is 19.8 Å². The van der Waals surface area contributed by atoms with Gasteiger partial charge in [-0.05, 0) is 25.8 Å². The number of rotatable bonds is 4. The van der Waals surface area contributed by atoms with Crippen LogP contribution in [-0.4, -0.2) is 30.4 Å². The summed E-state index contributed by atoms with van der Waals surface area (Å²) < 4.78 is 40.3. The second kappa shape index (κ2) is 5.77. The highest BCUT2D eigenvalue weighted by atomic mass is 19.1. The predicted octanol–water partition coefficient (Wildman–Crippen LogP) is 2.17. The topological polar surface area (TPSA) is 83.5 Å². The lowest BCUT2D eigenvalue weighted by atomic mass is 9.98. The zero-order valence-corrected chi connectivity index (χ0v) is 14.2. The van der Waals surface area contributed by atoms with Crippen LogP contribution in [0, 0.1) is 5.82 Å². The first-order chi connectivity index (χ1) is 12.4. The first-order valence-electron chi connectivity index (χ1n) is 8.48. The summed E-state index contributed by atoms with van der Waals surface area (Å²) in [6.45, 7) is 0.885. The van der Waals surface area contributed by atoms with Gasteiger partial charge in [-0.3, -0.25) is 4.79 Å². The van der Waals surface area contributed by atoms with Crippen LogP contribution >= 0.6 is 0 Å². The number of pyridine rings is 1. The van der Waals surface area contributed by atoms with Crippen LogP contribution in [0.15, 0.2) is 17.1 Å². The number of ether oxygens (including phenoxy) is 2. The van der Waals surface area contributed by atoms with Gasteiger partial charge in [0.25, 0.3) is 0 Å². The van der Waals surface area contributed by atoms with Gasteiger partial charge in [-0.2, -0.15) is 0 Å². The van der Waals surface area contributed by atoms with Crippen molar-refractivity contribution in [1.29, 1.82) is 0 Å². The molecule has 1 fully saturated rings. The van der Waals surface area contributed by atoms with Gasteiger partial charge >= 0.3 is 5.97 Å². The van der Waals surface area contributed by atoms with Crippen LogP contribution in [0.3, 0.4) is 0 Å². The van der Waals surface area contributed by atoms with Crippen molar-refractivity contribution in [2.75, 3.05) is 19.9 Å². The minimum absolute atomic E-state index is 0.0454. The third-order valence-corrected chi connectivity index (χ3v) is 5.00. The van der Waals surface area contributed by atoms with Gasteiger partial charge in [-0.1, -0.05) is 0 Å². The first-order valence-corrected chi connectivity index (χ1v) is 8.48. The fourth-order valence-corrected chi connectivity index (χ4v) is 3.46. The van der Waals surface area contributed by atoms with Crippen LogP contribution in [-0.2, 0) is 10.3 Å². The molecule has 1 atom stereocenters. The van der Waals surface area contributed by atoms with E-state index in [1.165, 1.54) is 10.8 Å². The van der Waals surface area contributed by atoms with Crippen molar-refractivity contribution < 1.29 is 23.0 Å². The second-order valence-corrected chi connectivity index (χ2v) is 6.73. The van der Waals surface area contributed by atoms with Gasteiger partial charge in [0, 0.05) is 11.7 Å². The Morgan fingerprint density at radius 3 is 2.85 bits per heavy atom. The molecule has 0 radical (unpaired) electrons. The third-order valence-electron chi connectivity index (χ3n) is 5.00. The fourth-order valence-electron chi connectivity index (χ4n) is 3.46. The standard InChI is InChI=1S/C18H18F2N2O4/c1-2-25-17(24)11-7-22-9(6-19)8-26-16-13(18(21)3-4-18)12(20)5-10(14(16)22)15(11)23/h5,7,9H,2-4,6,8,21H2,1H3. The van der Waals surface area contributed by atoms with E-state index in [-0.39, 0.29) is 41.0 Å². The van der Waals surface area contributed by atoms with E-state index in [9.17, 15) is 18.4 Å². The van der Waals surface area contributed by atoms with E-state index >= 15 is 0 Å². The number of halogens is 2. The SMILES string of the molecule is CCOC(=O)c1cn2c3c(c(C4(N)CC4)c(F)cc3c1=O)OCC2CF. The molecule has 2 heterocycles. The Balaban J connectivity index is 2.08. The van der Waals surface area contributed by atoms with Crippen LogP contribution < -0.4 is 15.9 Å². The molecule has 138 valence electrons. The maximum atomic E-state index is 14.8. The average Bonchev–Trinajstić information content (AvgIpc) is 3.35. The van der Waals surface area contributed by atoms with E-state index in [0.717, 1.165) is 6.07 Å². The molecule has 0 spiro atoms. The van der Waals surface area contributed by atoms with E-state index in [0.29, 0.717) is 12.8 Å². The van der Waals surface area contributed by atoms with Gasteiger partial charge in [-0.25, -0.2) is 13.6 Å². The van der Waals surface area contributed by atoms with E-state index < -0.39 is 35.5 Å². The summed E-state index contributed by atoms with van der Waals surface area (Å²) in [6.07, 6.45) is 2.48. The van der Waals surface area contributed by atoms with Crippen molar-refractivity contribution in [3.05, 3.63) is 39.4 Å². The fraction of sp³-hybridized carbons (Fsp3) is 0.444. The number of nitrogens with zero attached hydrogens (tertiary/aromatic N) is 1. The lowest BCUT2D eigenvalue weighted by Gasteiger charge is -2.30. The number of hydrogen-bond acceptors (Lipinski definition) is 5. The number of nitrogens with two attached hydrogens (primary N) is 1. The molecule has 0 amide bonds.